The first kappa shape index (κ1) is 21.2. The van der Waals surface area contributed by atoms with E-state index in [4.69, 9.17) is 0 Å². The van der Waals surface area contributed by atoms with E-state index in [0.717, 1.165) is 22.5 Å². The average Bonchev–Trinajstić information content (AvgIpc) is 3.14. The summed E-state index contributed by atoms with van der Waals surface area (Å²) < 4.78 is 30.3. The van der Waals surface area contributed by atoms with E-state index in [1.54, 1.807) is 16.8 Å². The largest absolute Gasteiger partial charge is 0.435 e. The van der Waals surface area contributed by atoms with Gasteiger partial charge < -0.3 is 15.4 Å². The van der Waals surface area contributed by atoms with Crippen molar-refractivity contribution in [3.63, 3.8) is 0 Å². The van der Waals surface area contributed by atoms with Gasteiger partial charge in [0.1, 0.15) is 5.75 Å². The highest BCUT2D eigenvalue weighted by Gasteiger charge is 2.09. The predicted molar refractivity (Wildman–Crippen MR) is 107 cm³/mol. The van der Waals surface area contributed by atoms with Crippen LogP contribution in [0.2, 0.25) is 0 Å². The molecule has 0 fully saturated rings. The van der Waals surface area contributed by atoms with E-state index in [-0.39, 0.29) is 18.2 Å². The summed E-state index contributed by atoms with van der Waals surface area (Å²) in [5, 5.41) is 17.4. The van der Waals surface area contributed by atoms with Crippen LogP contribution in [0, 0.1) is 13.8 Å². The summed E-state index contributed by atoms with van der Waals surface area (Å²) in [5.74, 6) is 0.617. The van der Waals surface area contributed by atoms with Crippen molar-refractivity contribution >= 4 is 11.6 Å². The van der Waals surface area contributed by atoms with E-state index in [1.807, 2.05) is 32.0 Å². The monoisotopic (exact) mass is 416 g/mol. The van der Waals surface area contributed by atoms with Gasteiger partial charge in [-0.1, -0.05) is 18.2 Å². The minimum Gasteiger partial charge on any atom is -0.435 e. The van der Waals surface area contributed by atoms with Crippen LogP contribution in [0.5, 0.6) is 5.75 Å². The van der Waals surface area contributed by atoms with Gasteiger partial charge in [0.2, 0.25) is 5.91 Å². The zero-order valence-corrected chi connectivity index (χ0v) is 16.6. The van der Waals surface area contributed by atoms with Crippen LogP contribution in [0.15, 0.2) is 42.5 Å². The molecule has 0 radical (unpaired) electrons. The van der Waals surface area contributed by atoms with Crippen LogP contribution in [-0.2, 0) is 11.2 Å². The minimum absolute atomic E-state index is 0.108. The number of alkyl halides is 2. The van der Waals surface area contributed by atoms with Crippen molar-refractivity contribution in [3.05, 3.63) is 59.4 Å². The van der Waals surface area contributed by atoms with Crippen molar-refractivity contribution in [3.8, 4) is 11.4 Å². The van der Waals surface area contributed by atoms with E-state index >= 15 is 0 Å². The maximum Gasteiger partial charge on any atom is 0.387 e. The molecule has 0 aliphatic rings. The molecule has 1 heterocycles. The third kappa shape index (κ3) is 5.72. The number of nitrogens with zero attached hydrogens (tertiary/aromatic N) is 4. The van der Waals surface area contributed by atoms with Crippen LogP contribution in [0.25, 0.3) is 5.69 Å². The molecule has 10 heteroatoms. The fourth-order valence-corrected chi connectivity index (χ4v) is 2.83. The first-order valence-electron chi connectivity index (χ1n) is 9.32. The smallest absolute Gasteiger partial charge is 0.387 e. The van der Waals surface area contributed by atoms with Crippen LogP contribution < -0.4 is 15.4 Å². The van der Waals surface area contributed by atoms with Gasteiger partial charge in [0.05, 0.1) is 12.2 Å². The number of aromatic nitrogens is 4. The molecule has 3 aromatic rings. The molecule has 8 nitrogen and oxygen atoms in total. The Labute approximate surface area is 172 Å². The molecule has 1 aromatic heterocycles. The van der Waals surface area contributed by atoms with Crippen molar-refractivity contribution in [2.24, 2.45) is 0 Å². The highest BCUT2D eigenvalue weighted by atomic mass is 19.3. The summed E-state index contributed by atoms with van der Waals surface area (Å²) in [6.07, 6.45) is 0.577. The van der Waals surface area contributed by atoms with Crippen LogP contribution in [0.1, 0.15) is 17.0 Å². The highest BCUT2D eigenvalue weighted by Crippen LogP contribution is 2.19. The fraction of sp³-hybridized carbons (Fsp3) is 0.300. The normalized spacial score (nSPS) is 10.8. The molecule has 158 valence electrons. The first-order valence-corrected chi connectivity index (χ1v) is 9.32. The van der Waals surface area contributed by atoms with Gasteiger partial charge in [-0.25, -0.2) is 0 Å². The third-order valence-corrected chi connectivity index (χ3v) is 4.40. The Bertz CT molecular complexity index is 991. The van der Waals surface area contributed by atoms with Gasteiger partial charge in [0.25, 0.3) is 0 Å². The fourth-order valence-electron chi connectivity index (χ4n) is 2.83. The number of hydrogen-bond acceptors (Lipinski definition) is 6. The summed E-state index contributed by atoms with van der Waals surface area (Å²) in [6.45, 7) is 1.46. The molecule has 2 aromatic carbocycles. The number of hydrogen-bond donors (Lipinski definition) is 2. The minimum atomic E-state index is -2.84. The van der Waals surface area contributed by atoms with Crippen molar-refractivity contribution < 1.29 is 18.3 Å². The van der Waals surface area contributed by atoms with E-state index < -0.39 is 6.61 Å². The molecule has 0 saturated heterocycles. The predicted octanol–water partition coefficient (Wildman–Crippen LogP) is 2.65. The van der Waals surface area contributed by atoms with Crippen LogP contribution >= 0.6 is 0 Å². The molecule has 2 N–H and O–H groups in total. The summed E-state index contributed by atoms with van der Waals surface area (Å²) >= 11 is 0. The van der Waals surface area contributed by atoms with Gasteiger partial charge in [-0.2, -0.15) is 13.5 Å². The second-order valence-electron chi connectivity index (χ2n) is 6.62. The van der Waals surface area contributed by atoms with Gasteiger partial charge in [-0.05, 0) is 66.1 Å². The number of halogens is 2. The lowest BCUT2D eigenvalue weighted by Gasteiger charge is -2.11. The number of nitrogens with one attached hydrogen (secondary N) is 2. The van der Waals surface area contributed by atoms with Gasteiger partial charge in [-0.3, -0.25) is 4.79 Å². The Morgan fingerprint density at radius 2 is 1.93 bits per heavy atom. The van der Waals surface area contributed by atoms with Gasteiger partial charge in [0, 0.05) is 12.2 Å². The lowest BCUT2D eigenvalue weighted by Crippen LogP contribution is -2.31. The number of tetrazole rings is 1. The van der Waals surface area contributed by atoms with Gasteiger partial charge >= 0.3 is 6.61 Å². The Morgan fingerprint density at radius 3 is 2.60 bits per heavy atom. The zero-order chi connectivity index (χ0) is 21.5. The number of carbonyl (C=O) groups is 1. The summed E-state index contributed by atoms with van der Waals surface area (Å²) in [7, 11) is 0. The molecular formula is C20H22F2N6O2. The van der Waals surface area contributed by atoms with Crippen molar-refractivity contribution in [2.45, 2.75) is 26.9 Å². The second kappa shape index (κ2) is 9.77. The van der Waals surface area contributed by atoms with Gasteiger partial charge in [0.15, 0.2) is 5.82 Å². The number of rotatable bonds is 9. The molecule has 0 aliphatic heterocycles. The highest BCUT2D eigenvalue weighted by molar-refractivity contribution is 5.80. The average molecular weight is 416 g/mol. The maximum atomic E-state index is 12.2. The Balaban J connectivity index is 1.46. The topological polar surface area (TPSA) is 94.0 Å². The number of amides is 1. The lowest BCUT2D eigenvalue weighted by molar-refractivity contribution is -0.119. The standard InChI is InChI=1S/C20H22F2N6O2/c1-13-3-6-16(11-18(13)28-14(2)25-26-27-28)24-12-19(29)23-10-9-15-4-7-17(8-5-15)30-20(21)22/h3-8,11,20,24H,9-10,12H2,1-2H3,(H,23,29). The lowest BCUT2D eigenvalue weighted by atomic mass is 10.1. The van der Waals surface area contributed by atoms with Crippen molar-refractivity contribution in [2.75, 3.05) is 18.4 Å². The van der Waals surface area contributed by atoms with Crippen LogP contribution in [-0.4, -0.2) is 45.8 Å². The molecule has 3 rings (SSSR count). The molecule has 30 heavy (non-hydrogen) atoms. The molecule has 0 spiro atoms. The van der Waals surface area contributed by atoms with E-state index in [2.05, 4.69) is 30.9 Å². The maximum absolute atomic E-state index is 12.2. The van der Waals surface area contributed by atoms with Gasteiger partial charge in [-0.15, -0.1) is 5.10 Å². The Hall–Kier alpha value is -3.56. The number of carbonyl (C=O) groups excluding carboxylic acids is 1. The Kier molecular flexibility index (Phi) is 6.89. The Morgan fingerprint density at radius 1 is 1.17 bits per heavy atom. The summed E-state index contributed by atoms with van der Waals surface area (Å²) in [5.41, 5.74) is 3.52. The second-order valence-corrected chi connectivity index (χ2v) is 6.62. The molecule has 0 atom stereocenters. The quantitative estimate of drug-likeness (QED) is 0.557. The molecule has 0 bridgehead atoms. The number of aryl methyl sites for hydroxylation is 2. The molecule has 0 saturated carbocycles. The van der Waals surface area contributed by atoms with Crippen LogP contribution in [0.4, 0.5) is 14.5 Å². The van der Waals surface area contributed by atoms with Crippen LogP contribution in [0.3, 0.4) is 0 Å². The molecular weight excluding hydrogens is 394 g/mol. The first-order chi connectivity index (χ1) is 14.4. The molecule has 0 aliphatic carbocycles. The van der Waals surface area contributed by atoms with E-state index in [9.17, 15) is 13.6 Å². The number of benzene rings is 2. The third-order valence-electron chi connectivity index (χ3n) is 4.40. The van der Waals surface area contributed by atoms with E-state index in [0.29, 0.717) is 18.8 Å². The summed E-state index contributed by atoms with van der Waals surface area (Å²) in [4.78, 5) is 12.1. The number of anilines is 1. The summed E-state index contributed by atoms with van der Waals surface area (Å²) in [6, 6.07) is 12.0. The van der Waals surface area contributed by atoms with Crippen molar-refractivity contribution in [1.29, 1.82) is 0 Å². The number of ether oxygens (including phenoxy) is 1. The molecule has 1 amide bonds. The molecule has 0 unspecified atom stereocenters. The van der Waals surface area contributed by atoms with E-state index in [1.165, 1.54) is 12.1 Å². The van der Waals surface area contributed by atoms with Crippen molar-refractivity contribution in [1.82, 2.24) is 25.5 Å². The zero-order valence-electron chi connectivity index (χ0n) is 16.6. The SMILES string of the molecule is Cc1ccc(NCC(=O)NCCc2ccc(OC(F)F)cc2)cc1-n1nnnc1C.